The number of hydrogen-bond donors (Lipinski definition) is 5. The van der Waals surface area contributed by atoms with E-state index in [0.29, 0.717) is 25.3 Å². The van der Waals surface area contributed by atoms with Gasteiger partial charge in [0, 0.05) is 58.6 Å². The predicted molar refractivity (Wildman–Crippen MR) is 147 cm³/mol. The van der Waals surface area contributed by atoms with Crippen molar-refractivity contribution in [3.05, 3.63) is 48.3 Å². The first kappa shape index (κ1) is 34.3. The van der Waals surface area contributed by atoms with E-state index in [-0.39, 0.29) is 5.91 Å². The molecule has 0 spiro atoms. The Labute approximate surface area is 245 Å². The fraction of sp³-hybridized carbons (Fsp3) is 0.423. The standard InChI is InChI=1S/C22H30N6O3.2C2H2O4/c1-2-30-15-13-28-20(25-19-4-3-6-23-21(19)28)16-27-11-9-26(10-12-27)8-7-24-22(29)18-5-14-31-17-18;2*3-1(4)2(5)6/h3-6,14,17H,2,7-13,15-16H2,1H3,(H,24,29);2*(H,3,4)(H,5,6). The van der Waals surface area contributed by atoms with Gasteiger partial charge in [-0.3, -0.25) is 14.6 Å². The van der Waals surface area contributed by atoms with Gasteiger partial charge in [-0.1, -0.05) is 0 Å². The first-order valence-corrected chi connectivity index (χ1v) is 13.1. The molecule has 1 aliphatic heterocycles. The van der Waals surface area contributed by atoms with Crippen molar-refractivity contribution in [3.63, 3.8) is 0 Å². The molecule has 3 aromatic heterocycles. The Hall–Kier alpha value is -4.87. The molecule has 0 radical (unpaired) electrons. The highest BCUT2D eigenvalue weighted by atomic mass is 16.5. The molecular formula is C26H34N6O11. The van der Waals surface area contributed by atoms with Crippen LogP contribution in [0.5, 0.6) is 0 Å². The molecule has 3 aromatic rings. The lowest BCUT2D eigenvalue weighted by molar-refractivity contribution is -0.159. The van der Waals surface area contributed by atoms with Gasteiger partial charge in [0.25, 0.3) is 5.91 Å². The lowest BCUT2D eigenvalue weighted by Gasteiger charge is -2.34. The maximum absolute atomic E-state index is 12.0. The van der Waals surface area contributed by atoms with E-state index in [0.717, 1.165) is 62.8 Å². The molecule has 0 saturated carbocycles. The number of aliphatic carboxylic acids is 4. The van der Waals surface area contributed by atoms with Crippen LogP contribution in [0.4, 0.5) is 0 Å². The smallest absolute Gasteiger partial charge is 0.414 e. The summed E-state index contributed by atoms with van der Waals surface area (Å²) >= 11 is 0. The second-order valence-corrected chi connectivity index (χ2v) is 8.83. The molecule has 43 heavy (non-hydrogen) atoms. The molecule has 0 atom stereocenters. The number of nitrogens with one attached hydrogen (secondary N) is 1. The molecule has 17 nitrogen and oxygen atoms in total. The molecule has 1 amide bonds. The number of amides is 1. The predicted octanol–water partition coefficient (Wildman–Crippen LogP) is -0.0804. The number of fused-ring (bicyclic) bond motifs is 1. The molecule has 0 bridgehead atoms. The number of hydrogen-bond acceptors (Lipinski definition) is 11. The number of piperazine rings is 1. The first-order chi connectivity index (χ1) is 20.5. The van der Waals surface area contributed by atoms with Crippen molar-refractivity contribution in [1.29, 1.82) is 0 Å². The van der Waals surface area contributed by atoms with Crippen molar-refractivity contribution in [2.24, 2.45) is 0 Å². The van der Waals surface area contributed by atoms with E-state index in [2.05, 4.69) is 24.7 Å². The molecule has 1 fully saturated rings. The Kier molecular flexibility index (Phi) is 14.2. The number of pyridine rings is 1. The Morgan fingerprint density at radius 1 is 0.930 bits per heavy atom. The molecule has 17 heteroatoms. The zero-order chi connectivity index (χ0) is 31.8. The van der Waals surface area contributed by atoms with Gasteiger partial charge in [-0.15, -0.1) is 0 Å². The highest BCUT2D eigenvalue weighted by Gasteiger charge is 2.20. The van der Waals surface area contributed by atoms with E-state index in [1.54, 1.807) is 6.07 Å². The molecule has 1 aliphatic rings. The van der Waals surface area contributed by atoms with Crippen LogP contribution in [0.15, 0.2) is 41.3 Å². The highest BCUT2D eigenvalue weighted by molar-refractivity contribution is 6.27. The van der Waals surface area contributed by atoms with Gasteiger partial charge < -0.3 is 39.5 Å². The molecule has 4 heterocycles. The number of aromatic nitrogens is 3. The van der Waals surface area contributed by atoms with Gasteiger partial charge >= 0.3 is 23.9 Å². The quantitative estimate of drug-likeness (QED) is 0.150. The van der Waals surface area contributed by atoms with Gasteiger partial charge in [-0.05, 0) is 25.1 Å². The van der Waals surface area contributed by atoms with Crippen LogP contribution in [-0.2, 0) is 37.0 Å². The van der Waals surface area contributed by atoms with Crippen molar-refractivity contribution in [2.75, 3.05) is 52.5 Å². The average molecular weight is 607 g/mol. The largest absolute Gasteiger partial charge is 0.473 e. The third-order valence-corrected chi connectivity index (χ3v) is 5.94. The maximum atomic E-state index is 12.0. The number of ether oxygens (including phenoxy) is 1. The molecule has 0 unspecified atom stereocenters. The zero-order valence-electron chi connectivity index (χ0n) is 23.4. The maximum Gasteiger partial charge on any atom is 0.414 e. The van der Waals surface area contributed by atoms with Gasteiger partial charge in [-0.25, -0.2) is 29.1 Å². The molecule has 0 aliphatic carbocycles. The molecule has 5 N–H and O–H groups in total. The van der Waals surface area contributed by atoms with E-state index in [9.17, 15) is 4.79 Å². The second kappa shape index (κ2) is 17.8. The van der Waals surface area contributed by atoms with Gasteiger partial charge in [0.05, 0.1) is 25.0 Å². The minimum atomic E-state index is -1.82. The van der Waals surface area contributed by atoms with Crippen LogP contribution in [0.25, 0.3) is 11.2 Å². The van der Waals surface area contributed by atoms with Crippen LogP contribution in [-0.4, -0.2) is 127 Å². The summed E-state index contributed by atoms with van der Waals surface area (Å²) in [6, 6.07) is 5.61. The third-order valence-electron chi connectivity index (χ3n) is 5.94. The fourth-order valence-corrected chi connectivity index (χ4v) is 3.86. The normalized spacial score (nSPS) is 13.2. The minimum absolute atomic E-state index is 0.0908. The number of carboxylic acids is 4. The zero-order valence-corrected chi connectivity index (χ0v) is 23.4. The lowest BCUT2D eigenvalue weighted by atomic mass is 10.3. The lowest BCUT2D eigenvalue weighted by Crippen LogP contribution is -2.48. The summed E-state index contributed by atoms with van der Waals surface area (Å²) in [5.41, 5.74) is 2.41. The summed E-state index contributed by atoms with van der Waals surface area (Å²) < 4.78 is 12.7. The van der Waals surface area contributed by atoms with Crippen LogP contribution in [0.3, 0.4) is 0 Å². The molecule has 0 aromatic carbocycles. The van der Waals surface area contributed by atoms with Gasteiger partial charge in [0.1, 0.15) is 17.6 Å². The van der Waals surface area contributed by atoms with Gasteiger partial charge in [-0.2, -0.15) is 0 Å². The number of imidazole rings is 1. The van der Waals surface area contributed by atoms with E-state index in [4.69, 9.17) is 53.7 Å². The third kappa shape index (κ3) is 11.9. The van der Waals surface area contributed by atoms with E-state index in [1.807, 2.05) is 25.3 Å². The molecule has 4 rings (SSSR count). The Morgan fingerprint density at radius 2 is 1.56 bits per heavy atom. The number of rotatable bonds is 10. The van der Waals surface area contributed by atoms with E-state index in [1.165, 1.54) is 12.5 Å². The number of nitrogens with zero attached hydrogens (tertiary/aromatic N) is 5. The van der Waals surface area contributed by atoms with E-state index < -0.39 is 23.9 Å². The summed E-state index contributed by atoms with van der Waals surface area (Å²) in [5.74, 6) is -6.35. The monoisotopic (exact) mass is 606 g/mol. The summed E-state index contributed by atoms with van der Waals surface area (Å²) in [6.45, 7) is 10.3. The van der Waals surface area contributed by atoms with Crippen molar-refractivity contribution in [3.8, 4) is 0 Å². The van der Waals surface area contributed by atoms with Crippen molar-refractivity contribution in [2.45, 2.75) is 20.0 Å². The molecule has 234 valence electrons. The van der Waals surface area contributed by atoms with Crippen molar-refractivity contribution >= 4 is 40.9 Å². The van der Waals surface area contributed by atoms with Crippen LogP contribution >= 0.6 is 0 Å². The number of carboxylic acid groups (broad SMARTS) is 4. The van der Waals surface area contributed by atoms with Crippen LogP contribution in [0.2, 0.25) is 0 Å². The van der Waals surface area contributed by atoms with Crippen molar-refractivity contribution < 1.29 is 53.6 Å². The van der Waals surface area contributed by atoms with Crippen molar-refractivity contribution in [1.82, 2.24) is 29.7 Å². The summed E-state index contributed by atoms with van der Waals surface area (Å²) in [5, 5.41) is 32.5. The van der Waals surface area contributed by atoms with Crippen LogP contribution in [0.1, 0.15) is 23.1 Å². The number of carbonyl (C=O) groups excluding carboxylic acids is 1. The Morgan fingerprint density at radius 3 is 2.12 bits per heavy atom. The Bertz CT molecular complexity index is 1300. The van der Waals surface area contributed by atoms with Crippen LogP contribution < -0.4 is 5.32 Å². The second-order valence-electron chi connectivity index (χ2n) is 8.83. The Balaban J connectivity index is 0.000000455. The summed E-state index contributed by atoms with van der Waals surface area (Å²) in [6.07, 6.45) is 4.79. The highest BCUT2D eigenvalue weighted by Crippen LogP contribution is 2.16. The van der Waals surface area contributed by atoms with Crippen LogP contribution in [0, 0.1) is 0 Å². The molecule has 1 saturated heterocycles. The number of carbonyl (C=O) groups is 5. The van der Waals surface area contributed by atoms with Gasteiger partial charge in [0.15, 0.2) is 5.65 Å². The van der Waals surface area contributed by atoms with E-state index >= 15 is 0 Å². The summed E-state index contributed by atoms with van der Waals surface area (Å²) in [4.78, 5) is 62.6. The van der Waals surface area contributed by atoms with Gasteiger partial charge in [0.2, 0.25) is 0 Å². The first-order valence-electron chi connectivity index (χ1n) is 13.1. The summed E-state index contributed by atoms with van der Waals surface area (Å²) in [7, 11) is 0. The number of furan rings is 1. The molecular weight excluding hydrogens is 572 g/mol. The average Bonchev–Trinajstić information content (AvgIpc) is 3.63. The SMILES string of the molecule is CCOCCn1c(CN2CCN(CCNC(=O)c3ccoc3)CC2)nc2cccnc21.O=C(O)C(=O)O.O=C(O)C(=O)O. The fourth-order valence-electron chi connectivity index (χ4n) is 3.86. The topological polar surface area (TPSA) is 238 Å². The minimum Gasteiger partial charge on any atom is -0.473 e.